The zero-order valence-corrected chi connectivity index (χ0v) is 16.8. The lowest BCUT2D eigenvalue weighted by Gasteiger charge is -2.14. The molecule has 1 amide bonds. The van der Waals surface area contributed by atoms with Gasteiger partial charge >= 0.3 is 0 Å². The third kappa shape index (κ3) is 4.32. The minimum absolute atomic E-state index is 0.144. The van der Waals surface area contributed by atoms with Gasteiger partial charge in [-0.05, 0) is 36.1 Å². The van der Waals surface area contributed by atoms with Crippen molar-refractivity contribution in [3.63, 3.8) is 0 Å². The van der Waals surface area contributed by atoms with Crippen LogP contribution in [0.5, 0.6) is 0 Å². The normalized spacial score (nSPS) is 12.1. The molecule has 0 bridgehead atoms. The van der Waals surface area contributed by atoms with Crippen molar-refractivity contribution in [3.05, 3.63) is 51.3 Å². The number of hydrogen-bond donors (Lipinski definition) is 2. The average molecular weight is 428 g/mol. The third-order valence-electron chi connectivity index (χ3n) is 3.56. The van der Waals surface area contributed by atoms with Crippen LogP contribution in [0.3, 0.4) is 0 Å². The van der Waals surface area contributed by atoms with Crippen LogP contribution in [0, 0.1) is 0 Å². The molecule has 0 aliphatic carbocycles. The van der Waals surface area contributed by atoms with Gasteiger partial charge in [0.25, 0.3) is 0 Å². The fraction of sp³-hybridized carbons (Fsp3) is 0.188. The van der Waals surface area contributed by atoms with Crippen LogP contribution in [-0.2, 0) is 4.79 Å². The Morgan fingerprint density at radius 1 is 1.35 bits per heavy atom. The van der Waals surface area contributed by atoms with Gasteiger partial charge in [0.2, 0.25) is 11.1 Å². The first-order valence-electron chi connectivity index (χ1n) is 7.57. The molecule has 0 fully saturated rings. The molecule has 136 valence electrons. The second-order valence-corrected chi connectivity index (χ2v) is 8.11. The maximum atomic E-state index is 12.2. The van der Waals surface area contributed by atoms with E-state index >= 15 is 0 Å². The highest BCUT2D eigenvalue weighted by Crippen LogP contribution is 2.27. The van der Waals surface area contributed by atoms with Gasteiger partial charge < -0.3 is 11.2 Å². The van der Waals surface area contributed by atoms with Crippen LogP contribution in [0.25, 0.3) is 10.7 Å². The van der Waals surface area contributed by atoms with Gasteiger partial charge in [-0.15, -0.1) is 21.5 Å². The molecular weight excluding hydrogens is 413 g/mol. The Kier molecular flexibility index (Phi) is 6.08. The molecule has 2 aromatic heterocycles. The Morgan fingerprint density at radius 3 is 2.85 bits per heavy atom. The molecule has 0 spiro atoms. The molecule has 10 heteroatoms. The van der Waals surface area contributed by atoms with Crippen LogP contribution >= 0.6 is 46.3 Å². The highest BCUT2D eigenvalue weighted by atomic mass is 35.5. The van der Waals surface area contributed by atoms with Gasteiger partial charge in [-0.2, -0.15) is 0 Å². The number of carbonyl (C=O) groups excluding carboxylic acids is 1. The lowest BCUT2D eigenvalue weighted by Crippen LogP contribution is -2.28. The second kappa shape index (κ2) is 8.30. The topological polar surface area (TPSA) is 85.8 Å². The van der Waals surface area contributed by atoms with Crippen molar-refractivity contribution in [2.24, 2.45) is 0 Å². The molecule has 0 saturated carbocycles. The summed E-state index contributed by atoms with van der Waals surface area (Å²) in [4.78, 5) is 13.1. The van der Waals surface area contributed by atoms with Gasteiger partial charge in [-0.1, -0.05) is 47.1 Å². The minimum atomic E-state index is -0.199. The fourth-order valence-corrected chi connectivity index (χ4v) is 3.91. The van der Waals surface area contributed by atoms with Gasteiger partial charge in [0.1, 0.15) is 0 Å². The van der Waals surface area contributed by atoms with Gasteiger partial charge in [0, 0.05) is 0 Å². The Morgan fingerprint density at radius 2 is 2.15 bits per heavy atom. The molecular formula is C16H15Cl2N5OS2. The predicted octanol–water partition coefficient (Wildman–Crippen LogP) is 4.00. The Bertz CT molecular complexity index is 914. The number of thioether (sulfide) groups is 1. The number of nitrogen functional groups attached to an aromatic ring is 1. The number of thiophene rings is 1. The standard InChI is InChI=1S/C16H15Cl2N5OS2/c1-9(10-4-5-11(17)12(18)7-10)20-14(24)8-26-16-22-21-15(23(16)19)13-3-2-6-25-13/h2-7,9H,8,19H2,1H3,(H,20,24). The summed E-state index contributed by atoms with van der Waals surface area (Å²) in [5, 5.41) is 14.4. The van der Waals surface area contributed by atoms with E-state index in [-0.39, 0.29) is 17.7 Å². The van der Waals surface area contributed by atoms with Crippen molar-refractivity contribution in [2.45, 2.75) is 18.1 Å². The Hall–Kier alpha value is -1.74. The molecule has 3 N–H and O–H groups in total. The summed E-state index contributed by atoms with van der Waals surface area (Å²) in [5.41, 5.74) is 0.875. The molecule has 2 heterocycles. The van der Waals surface area contributed by atoms with Crippen LogP contribution in [-0.4, -0.2) is 26.5 Å². The number of rotatable bonds is 6. The monoisotopic (exact) mass is 427 g/mol. The molecule has 6 nitrogen and oxygen atoms in total. The van der Waals surface area contributed by atoms with E-state index in [1.165, 1.54) is 27.8 Å². The lowest BCUT2D eigenvalue weighted by atomic mass is 10.1. The largest absolute Gasteiger partial charge is 0.349 e. The van der Waals surface area contributed by atoms with Crippen molar-refractivity contribution in [3.8, 4) is 10.7 Å². The summed E-state index contributed by atoms with van der Waals surface area (Å²) in [6, 6.07) is 8.91. The lowest BCUT2D eigenvalue weighted by molar-refractivity contribution is -0.119. The van der Waals surface area contributed by atoms with E-state index in [1.54, 1.807) is 12.1 Å². The second-order valence-electron chi connectivity index (χ2n) is 5.40. The SMILES string of the molecule is CC(NC(=O)CSc1nnc(-c2cccs2)n1N)c1ccc(Cl)c(Cl)c1. The molecule has 0 radical (unpaired) electrons. The summed E-state index contributed by atoms with van der Waals surface area (Å²) in [6.45, 7) is 1.88. The van der Waals surface area contributed by atoms with Crippen LogP contribution in [0.4, 0.5) is 0 Å². The van der Waals surface area contributed by atoms with E-state index in [0.29, 0.717) is 21.0 Å². The molecule has 0 aliphatic rings. The van der Waals surface area contributed by atoms with Gasteiger partial charge in [0.05, 0.1) is 26.7 Å². The maximum Gasteiger partial charge on any atom is 0.230 e. The van der Waals surface area contributed by atoms with E-state index in [9.17, 15) is 4.79 Å². The zero-order chi connectivity index (χ0) is 18.7. The number of nitrogens with two attached hydrogens (primary N) is 1. The number of halogens is 2. The number of hydrogen-bond acceptors (Lipinski definition) is 6. The average Bonchev–Trinajstić information content (AvgIpc) is 3.25. The third-order valence-corrected chi connectivity index (χ3v) is 6.11. The first-order valence-corrected chi connectivity index (χ1v) is 10.2. The Labute approximate surface area is 168 Å². The summed E-state index contributed by atoms with van der Waals surface area (Å²) < 4.78 is 1.40. The van der Waals surface area contributed by atoms with E-state index in [2.05, 4.69) is 15.5 Å². The van der Waals surface area contributed by atoms with Crippen molar-refractivity contribution < 1.29 is 4.79 Å². The molecule has 3 rings (SSSR count). The van der Waals surface area contributed by atoms with Crippen LogP contribution in [0.2, 0.25) is 10.0 Å². The highest BCUT2D eigenvalue weighted by Gasteiger charge is 2.16. The van der Waals surface area contributed by atoms with Crippen molar-refractivity contribution in [1.29, 1.82) is 0 Å². The molecule has 0 saturated heterocycles. The predicted molar refractivity (Wildman–Crippen MR) is 107 cm³/mol. The number of nitrogens with one attached hydrogen (secondary N) is 1. The molecule has 1 atom stereocenters. The minimum Gasteiger partial charge on any atom is -0.349 e. The molecule has 1 unspecified atom stereocenters. The van der Waals surface area contributed by atoms with E-state index in [4.69, 9.17) is 29.0 Å². The number of amides is 1. The van der Waals surface area contributed by atoms with Gasteiger partial charge in [-0.25, -0.2) is 4.68 Å². The van der Waals surface area contributed by atoms with Crippen molar-refractivity contribution >= 4 is 52.2 Å². The number of aromatic nitrogens is 3. The first kappa shape index (κ1) is 19.0. The van der Waals surface area contributed by atoms with Crippen LogP contribution < -0.4 is 11.2 Å². The molecule has 0 aliphatic heterocycles. The van der Waals surface area contributed by atoms with Crippen molar-refractivity contribution in [1.82, 2.24) is 20.2 Å². The fourth-order valence-electron chi connectivity index (χ4n) is 2.23. The van der Waals surface area contributed by atoms with E-state index in [1.807, 2.05) is 30.5 Å². The molecule has 26 heavy (non-hydrogen) atoms. The maximum absolute atomic E-state index is 12.2. The van der Waals surface area contributed by atoms with Gasteiger partial charge in [-0.3, -0.25) is 4.79 Å². The summed E-state index contributed by atoms with van der Waals surface area (Å²) in [6.07, 6.45) is 0. The van der Waals surface area contributed by atoms with Crippen LogP contribution in [0.15, 0.2) is 40.9 Å². The van der Waals surface area contributed by atoms with Crippen molar-refractivity contribution in [2.75, 3.05) is 11.6 Å². The summed E-state index contributed by atoms with van der Waals surface area (Å²) >= 11 is 14.7. The quantitative estimate of drug-likeness (QED) is 0.458. The number of nitrogens with zero attached hydrogens (tertiary/aromatic N) is 3. The zero-order valence-electron chi connectivity index (χ0n) is 13.6. The highest BCUT2D eigenvalue weighted by molar-refractivity contribution is 7.99. The molecule has 3 aromatic rings. The Balaban J connectivity index is 1.58. The van der Waals surface area contributed by atoms with E-state index in [0.717, 1.165) is 10.4 Å². The smallest absolute Gasteiger partial charge is 0.230 e. The van der Waals surface area contributed by atoms with E-state index < -0.39 is 0 Å². The first-order chi connectivity index (χ1) is 12.5. The summed E-state index contributed by atoms with van der Waals surface area (Å²) in [5.74, 6) is 6.63. The number of benzene rings is 1. The molecule has 1 aromatic carbocycles. The van der Waals surface area contributed by atoms with Gasteiger partial charge in [0.15, 0.2) is 5.82 Å². The summed E-state index contributed by atoms with van der Waals surface area (Å²) in [7, 11) is 0. The number of carbonyl (C=O) groups is 1. The van der Waals surface area contributed by atoms with Crippen LogP contribution in [0.1, 0.15) is 18.5 Å².